The van der Waals surface area contributed by atoms with Crippen molar-refractivity contribution in [2.75, 3.05) is 20.2 Å². The van der Waals surface area contributed by atoms with Gasteiger partial charge in [0.15, 0.2) is 0 Å². The fourth-order valence-electron chi connectivity index (χ4n) is 2.49. The maximum absolute atomic E-state index is 12.6. The zero-order chi connectivity index (χ0) is 17.9. The summed E-state index contributed by atoms with van der Waals surface area (Å²) in [6, 6.07) is 9.18. The summed E-state index contributed by atoms with van der Waals surface area (Å²) in [5.41, 5.74) is 0.731. The Bertz CT molecular complexity index is 523. The number of hydrogen-bond donors (Lipinski definition) is 0. The van der Waals surface area contributed by atoms with Crippen LogP contribution in [0.4, 0.5) is 4.79 Å². The van der Waals surface area contributed by atoms with Crippen molar-refractivity contribution in [3.8, 4) is 0 Å². The van der Waals surface area contributed by atoms with E-state index in [2.05, 4.69) is 6.58 Å². The second kappa shape index (κ2) is 10.5. The first-order chi connectivity index (χ1) is 11.6. The zero-order valence-electron chi connectivity index (χ0n) is 14.7. The Labute approximate surface area is 144 Å². The zero-order valence-corrected chi connectivity index (χ0v) is 14.7. The van der Waals surface area contributed by atoms with Gasteiger partial charge in [-0.2, -0.15) is 0 Å². The molecule has 0 fully saturated rings. The summed E-state index contributed by atoms with van der Waals surface area (Å²) in [6.45, 7) is 8.94. The van der Waals surface area contributed by atoms with Crippen LogP contribution in [0, 0.1) is 5.92 Å². The SMILES string of the molecule is C=C[C@@H](C(=O)OC)[C@H](OC(=O)N(CCC)CCC)c1ccccc1. The highest BCUT2D eigenvalue weighted by molar-refractivity contribution is 5.76. The molecule has 0 bridgehead atoms. The molecule has 0 N–H and O–H groups in total. The van der Waals surface area contributed by atoms with Crippen molar-refractivity contribution in [2.45, 2.75) is 32.8 Å². The van der Waals surface area contributed by atoms with Crippen molar-refractivity contribution in [2.24, 2.45) is 5.92 Å². The molecule has 0 saturated carbocycles. The van der Waals surface area contributed by atoms with E-state index in [-0.39, 0.29) is 0 Å². The van der Waals surface area contributed by atoms with Crippen molar-refractivity contribution in [1.82, 2.24) is 4.90 Å². The molecule has 0 aliphatic rings. The Kier molecular flexibility index (Phi) is 8.61. The van der Waals surface area contributed by atoms with Crippen LogP contribution in [-0.2, 0) is 14.3 Å². The van der Waals surface area contributed by atoms with Crippen LogP contribution in [0.5, 0.6) is 0 Å². The van der Waals surface area contributed by atoms with Gasteiger partial charge in [-0.3, -0.25) is 4.79 Å². The monoisotopic (exact) mass is 333 g/mol. The summed E-state index contributed by atoms with van der Waals surface area (Å²) in [4.78, 5) is 26.3. The summed E-state index contributed by atoms with van der Waals surface area (Å²) in [5.74, 6) is -1.24. The van der Waals surface area contributed by atoms with Crippen LogP contribution in [0.15, 0.2) is 43.0 Å². The molecule has 0 aliphatic carbocycles. The number of methoxy groups -OCH3 is 1. The van der Waals surface area contributed by atoms with Gasteiger partial charge in [-0.05, 0) is 18.4 Å². The second-order valence-electron chi connectivity index (χ2n) is 5.49. The van der Waals surface area contributed by atoms with Gasteiger partial charge in [0, 0.05) is 13.1 Å². The largest absolute Gasteiger partial charge is 0.468 e. The fraction of sp³-hybridized carbons (Fsp3) is 0.474. The molecule has 0 aliphatic heterocycles. The Balaban J connectivity index is 3.07. The highest BCUT2D eigenvalue weighted by Crippen LogP contribution is 2.29. The summed E-state index contributed by atoms with van der Waals surface area (Å²) in [6.07, 6.45) is 1.95. The van der Waals surface area contributed by atoms with E-state index in [1.165, 1.54) is 13.2 Å². The Morgan fingerprint density at radius 2 is 1.75 bits per heavy atom. The molecular formula is C19H27NO4. The molecule has 1 rings (SSSR count). The lowest BCUT2D eigenvalue weighted by atomic mass is 9.95. The molecule has 0 saturated heterocycles. The molecule has 0 unspecified atom stereocenters. The molecule has 0 spiro atoms. The molecule has 0 radical (unpaired) electrons. The lowest BCUT2D eigenvalue weighted by molar-refractivity contribution is -0.147. The molecule has 0 heterocycles. The molecule has 2 atom stereocenters. The van der Waals surface area contributed by atoms with Crippen LogP contribution in [0.1, 0.15) is 38.4 Å². The van der Waals surface area contributed by atoms with Gasteiger partial charge in [-0.25, -0.2) is 4.79 Å². The Hall–Kier alpha value is -2.30. The lowest BCUT2D eigenvalue weighted by Gasteiger charge is -2.28. The Morgan fingerprint density at radius 1 is 1.17 bits per heavy atom. The predicted molar refractivity (Wildman–Crippen MR) is 93.5 cm³/mol. The van der Waals surface area contributed by atoms with Gasteiger partial charge < -0.3 is 14.4 Å². The fourth-order valence-corrected chi connectivity index (χ4v) is 2.49. The number of nitrogens with zero attached hydrogens (tertiary/aromatic N) is 1. The molecule has 5 nitrogen and oxygen atoms in total. The number of benzene rings is 1. The third kappa shape index (κ3) is 5.41. The van der Waals surface area contributed by atoms with E-state index < -0.39 is 24.1 Å². The summed E-state index contributed by atoms with van der Waals surface area (Å²) >= 11 is 0. The van der Waals surface area contributed by atoms with Crippen LogP contribution in [0.3, 0.4) is 0 Å². The van der Waals surface area contributed by atoms with E-state index in [1.807, 2.05) is 44.2 Å². The number of esters is 1. The number of carbonyl (C=O) groups is 2. The number of carbonyl (C=O) groups excluding carboxylic acids is 2. The van der Waals surface area contributed by atoms with E-state index in [4.69, 9.17) is 9.47 Å². The van der Waals surface area contributed by atoms with Crippen molar-refractivity contribution < 1.29 is 19.1 Å². The first-order valence-corrected chi connectivity index (χ1v) is 8.29. The molecule has 1 amide bonds. The molecule has 132 valence electrons. The molecule has 1 aromatic carbocycles. The van der Waals surface area contributed by atoms with Gasteiger partial charge >= 0.3 is 12.1 Å². The smallest absolute Gasteiger partial charge is 0.410 e. The third-order valence-electron chi connectivity index (χ3n) is 3.65. The number of hydrogen-bond acceptors (Lipinski definition) is 4. The van der Waals surface area contributed by atoms with Crippen LogP contribution in [0.2, 0.25) is 0 Å². The van der Waals surface area contributed by atoms with Crippen LogP contribution < -0.4 is 0 Å². The molecule has 5 heteroatoms. The van der Waals surface area contributed by atoms with E-state index in [1.54, 1.807) is 4.90 Å². The van der Waals surface area contributed by atoms with Crippen molar-refractivity contribution in [1.29, 1.82) is 0 Å². The second-order valence-corrected chi connectivity index (χ2v) is 5.49. The average Bonchev–Trinajstić information content (AvgIpc) is 2.61. The minimum Gasteiger partial charge on any atom is -0.468 e. The van der Waals surface area contributed by atoms with Crippen molar-refractivity contribution in [3.63, 3.8) is 0 Å². The summed E-state index contributed by atoms with van der Waals surface area (Å²) in [5, 5.41) is 0. The van der Waals surface area contributed by atoms with E-state index in [0.717, 1.165) is 18.4 Å². The van der Waals surface area contributed by atoms with Crippen LogP contribution >= 0.6 is 0 Å². The lowest BCUT2D eigenvalue weighted by Crippen LogP contribution is -2.36. The van der Waals surface area contributed by atoms with Gasteiger partial charge in [-0.1, -0.05) is 50.3 Å². The molecule has 24 heavy (non-hydrogen) atoms. The number of rotatable bonds is 9. The average molecular weight is 333 g/mol. The molecule has 1 aromatic rings. The van der Waals surface area contributed by atoms with E-state index in [9.17, 15) is 9.59 Å². The minimum absolute atomic E-state index is 0.427. The molecular weight excluding hydrogens is 306 g/mol. The van der Waals surface area contributed by atoms with Crippen LogP contribution in [-0.4, -0.2) is 37.2 Å². The van der Waals surface area contributed by atoms with E-state index in [0.29, 0.717) is 13.1 Å². The molecule has 0 aromatic heterocycles. The number of ether oxygens (including phenoxy) is 2. The quantitative estimate of drug-likeness (QED) is 0.507. The summed E-state index contributed by atoms with van der Waals surface area (Å²) in [7, 11) is 1.31. The highest BCUT2D eigenvalue weighted by Gasteiger charge is 2.32. The number of amides is 1. The van der Waals surface area contributed by atoms with Crippen LogP contribution in [0.25, 0.3) is 0 Å². The first kappa shape index (κ1) is 19.7. The van der Waals surface area contributed by atoms with E-state index >= 15 is 0 Å². The standard InChI is InChI=1S/C19H27NO4/c1-5-13-20(14-6-2)19(22)24-17(15-11-9-8-10-12-15)16(7-3)18(21)23-4/h7-12,16-17H,3,5-6,13-14H2,1-2,4H3/t16-,17-/m1/s1. The minimum atomic E-state index is -0.764. The van der Waals surface area contributed by atoms with Crippen molar-refractivity contribution in [3.05, 3.63) is 48.6 Å². The van der Waals surface area contributed by atoms with Crippen molar-refractivity contribution >= 4 is 12.1 Å². The van der Waals surface area contributed by atoms with Gasteiger partial charge in [0.05, 0.1) is 7.11 Å². The first-order valence-electron chi connectivity index (χ1n) is 8.29. The highest BCUT2D eigenvalue weighted by atomic mass is 16.6. The van der Waals surface area contributed by atoms with Gasteiger partial charge in [0.1, 0.15) is 12.0 Å². The van der Waals surface area contributed by atoms with Gasteiger partial charge in [-0.15, -0.1) is 6.58 Å². The third-order valence-corrected chi connectivity index (χ3v) is 3.65. The van der Waals surface area contributed by atoms with Gasteiger partial charge in [0.25, 0.3) is 0 Å². The normalized spacial score (nSPS) is 12.8. The predicted octanol–water partition coefficient (Wildman–Crippen LogP) is 3.96. The maximum Gasteiger partial charge on any atom is 0.410 e. The Morgan fingerprint density at radius 3 is 2.21 bits per heavy atom. The maximum atomic E-state index is 12.6. The summed E-state index contributed by atoms with van der Waals surface area (Å²) < 4.78 is 10.5. The van der Waals surface area contributed by atoms with Gasteiger partial charge in [0.2, 0.25) is 0 Å². The topological polar surface area (TPSA) is 55.8 Å².